The van der Waals surface area contributed by atoms with Gasteiger partial charge in [-0.2, -0.15) is 0 Å². The first kappa shape index (κ1) is 14.4. The molecule has 0 rings (SSSR count). The summed E-state index contributed by atoms with van der Waals surface area (Å²) < 4.78 is 0. The van der Waals surface area contributed by atoms with E-state index in [-0.39, 0.29) is 11.9 Å². The van der Waals surface area contributed by atoms with E-state index in [1.807, 2.05) is 18.7 Å². The molecule has 0 aromatic rings. The van der Waals surface area contributed by atoms with Crippen LogP contribution in [0.1, 0.15) is 47.5 Å². The van der Waals surface area contributed by atoms with Gasteiger partial charge < -0.3 is 10.2 Å². The molecule has 1 N–H and O–H groups in total. The maximum absolute atomic E-state index is 11.8. The lowest BCUT2D eigenvalue weighted by molar-refractivity contribution is -0.131. The highest BCUT2D eigenvalue weighted by Gasteiger charge is 2.14. The molecular formula is C12H26N2O. The first-order chi connectivity index (χ1) is 7.04. The lowest BCUT2D eigenvalue weighted by atomic mass is 10.1. The minimum Gasteiger partial charge on any atom is -0.343 e. The molecule has 0 bridgehead atoms. The van der Waals surface area contributed by atoms with Gasteiger partial charge in [0.1, 0.15) is 0 Å². The van der Waals surface area contributed by atoms with Crippen LogP contribution in [0.4, 0.5) is 0 Å². The van der Waals surface area contributed by atoms with Gasteiger partial charge in [0.05, 0.1) is 0 Å². The number of nitrogens with one attached hydrogen (secondary N) is 1. The highest BCUT2D eigenvalue weighted by Crippen LogP contribution is 2.00. The number of carbonyl (C=O) groups is 1. The minimum absolute atomic E-state index is 0.253. The van der Waals surface area contributed by atoms with E-state index in [2.05, 4.69) is 26.1 Å². The van der Waals surface area contributed by atoms with Crippen molar-refractivity contribution in [3.05, 3.63) is 0 Å². The van der Waals surface area contributed by atoms with Gasteiger partial charge in [-0.25, -0.2) is 0 Å². The molecule has 90 valence electrons. The molecule has 0 radical (unpaired) electrons. The first-order valence-electron chi connectivity index (χ1n) is 6.08. The molecule has 0 fully saturated rings. The Kier molecular flexibility index (Phi) is 7.39. The van der Waals surface area contributed by atoms with Crippen molar-refractivity contribution in [2.45, 2.75) is 59.5 Å². The van der Waals surface area contributed by atoms with Crippen LogP contribution in [-0.4, -0.2) is 36.0 Å². The molecule has 0 aliphatic rings. The zero-order valence-electron chi connectivity index (χ0n) is 10.8. The lowest BCUT2D eigenvalue weighted by Crippen LogP contribution is -2.39. The Bertz CT molecular complexity index is 178. The Morgan fingerprint density at radius 1 is 1.13 bits per heavy atom. The van der Waals surface area contributed by atoms with Crippen LogP contribution in [0.3, 0.4) is 0 Å². The second-order valence-electron chi connectivity index (χ2n) is 4.15. The van der Waals surface area contributed by atoms with E-state index >= 15 is 0 Å². The Morgan fingerprint density at radius 3 is 2.07 bits per heavy atom. The number of nitrogens with zero attached hydrogens (tertiary/aromatic N) is 1. The summed E-state index contributed by atoms with van der Waals surface area (Å²) in [5.41, 5.74) is 0. The maximum Gasteiger partial charge on any atom is 0.224 e. The van der Waals surface area contributed by atoms with Crippen molar-refractivity contribution in [1.29, 1.82) is 0 Å². The van der Waals surface area contributed by atoms with Crippen LogP contribution in [0.2, 0.25) is 0 Å². The summed E-state index contributed by atoms with van der Waals surface area (Å²) in [5.74, 6) is 0.253. The molecule has 0 saturated carbocycles. The van der Waals surface area contributed by atoms with Gasteiger partial charge in [-0.15, -0.1) is 0 Å². The number of hydrogen-bond acceptors (Lipinski definition) is 2. The molecule has 2 atom stereocenters. The summed E-state index contributed by atoms with van der Waals surface area (Å²) in [6, 6.07) is 0.762. The minimum atomic E-state index is 0.253. The van der Waals surface area contributed by atoms with Gasteiger partial charge in [-0.05, 0) is 34.1 Å². The van der Waals surface area contributed by atoms with E-state index in [1.54, 1.807) is 0 Å². The first-order valence-corrected chi connectivity index (χ1v) is 6.08. The smallest absolute Gasteiger partial charge is 0.224 e. The molecule has 0 aliphatic heterocycles. The monoisotopic (exact) mass is 214 g/mol. The van der Waals surface area contributed by atoms with Crippen LogP contribution in [0.25, 0.3) is 0 Å². The normalized spacial score (nSPS) is 14.7. The van der Waals surface area contributed by atoms with Crippen molar-refractivity contribution in [3.8, 4) is 0 Å². The fourth-order valence-corrected chi connectivity index (χ4v) is 1.63. The molecule has 2 unspecified atom stereocenters. The van der Waals surface area contributed by atoms with Gasteiger partial charge in [0.25, 0.3) is 0 Å². The lowest BCUT2D eigenvalue weighted by Gasteiger charge is -2.23. The zero-order valence-corrected chi connectivity index (χ0v) is 10.8. The van der Waals surface area contributed by atoms with Crippen molar-refractivity contribution in [1.82, 2.24) is 10.2 Å². The molecule has 0 spiro atoms. The van der Waals surface area contributed by atoms with Gasteiger partial charge in [-0.3, -0.25) is 4.79 Å². The van der Waals surface area contributed by atoms with Crippen molar-refractivity contribution in [2.24, 2.45) is 0 Å². The van der Waals surface area contributed by atoms with Crippen LogP contribution in [0, 0.1) is 0 Å². The highest BCUT2D eigenvalue weighted by atomic mass is 16.2. The molecule has 0 saturated heterocycles. The molecule has 0 aliphatic carbocycles. The molecule has 3 heteroatoms. The summed E-state index contributed by atoms with van der Waals surface area (Å²) >= 11 is 0. The summed E-state index contributed by atoms with van der Waals surface area (Å²) in [6.45, 7) is 12.0. The maximum atomic E-state index is 11.8. The quantitative estimate of drug-likeness (QED) is 0.703. The van der Waals surface area contributed by atoms with E-state index in [9.17, 15) is 4.79 Å². The van der Waals surface area contributed by atoms with E-state index in [0.717, 1.165) is 19.5 Å². The molecule has 3 nitrogen and oxygen atoms in total. The molecule has 15 heavy (non-hydrogen) atoms. The highest BCUT2D eigenvalue weighted by molar-refractivity contribution is 5.76. The predicted octanol–water partition coefficient (Wildman–Crippen LogP) is 2.02. The van der Waals surface area contributed by atoms with Crippen LogP contribution in [-0.2, 0) is 4.79 Å². The number of carbonyl (C=O) groups excluding carboxylic acids is 1. The Balaban J connectivity index is 3.94. The fraction of sp³-hybridized carbons (Fsp3) is 0.917. The topological polar surface area (TPSA) is 32.3 Å². The molecular weight excluding hydrogens is 188 g/mol. The Morgan fingerprint density at radius 2 is 1.67 bits per heavy atom. The van der Waals surface area contributed by atoms with E-state index < -0.39 is 0 Å². The van der Waals surface area contributed by atoms with Gasteiger partial charge in [0, 0.05) is 31.6 Å². The summed E-state index contributed by atoms with van der Waals surface area (Å²) in [5, 5.41) is 3.42. The average Bonchev–Trinajstić information content (AvgIpc) is 2.19. The standard InChI is InChI=1S/C12H26N2O/c1-6-10(4)13-11(5)9-12(15)14(7-2)8-3/h10-11,13H,6-9H2,1-5H3. The zero-order chi connectivity index (χ0) is 11.8. The average molecular weight is 214 g/mol. The second-order valence-corrected chi connectivity index (χ2v) is 4.15. The van der Waals surface area contributed by atoms with Crippen molar-refractivity contribution < 1.29 is 4.79 Å². The number of hydrogen-bond donors (Lipinski definition) is 1. The van der Waals surface area contributed by atoms with Gasteiger partial charge in [-0.1, -0.05) is 6.92 Å². The van der Waals surface area contributed by atoms with Crippen LogP contribution < -0.4 is 5.32 Å². The largest absolute Gasteiger partial charge is 0.343 e. The van der Waals surface area contributed by atoms with Crippen LogP contribution >= 0.6 is 0 Å². The van der Waals surface area contributed by atoms with Crippen LogP contribution in [0.5, 0.6) is 0 Å². The summed E-state index contributed by atoms with van der Waals surface area (Å²) in [4.78, 5) is 13.7. The number of rotatable bonds is 7. The van der Waals surface area contributed by atoms with E-state index in [1.165, 1.54) is 0 Å². The Hall–Kier alpha value is -0.570. The van der Waals surface area contributed by atoms with Crippen molar-refractivity contribution in [3.63, 3.8) is 0 Å². The molecule has 0 aromatic heterocycles. The summed E-state index contributed by atoms with van der Waals surface area (Å²) in [7, 11) is 0. The third-order valence-corrected chi connectivity index (χ3v) is 2.78. The van der Waals surface area contributed by atoms with Gasteiger partial charge >= 0.3 is 0 Å². The number of amides is 1. The second kappa shape index (κ2) is 7.69. The van der Waals surface area contributed by atoms with Crippen LogP contribution in [0.15, 0.2) is 0 Å². The van der Waals surface area contributed by atoms with E-state index in [4.69, 9.17) is 0 Å². The molecule has 1 amide bonds. The van der Waals surface area contributed by atoms with Gasteiger partial charge in [0.2, 0.25) is 5.91 Å². The molecule has 0 aromatic carbocycles. The SMILES string of the molecule is CCC(C)NC(C)CC(=O)N(CC)CC. The van der Waals surface area contributed by atoms with E-state index in [0.29, 0.717) is 12.5 Å². The third-order valence-electron chi connectivity index (χ3n) is 2.78. The third kappa shape index (κ3) is 5.78. The van der Waals surface area contributed by atoms with Crippen molar-refractivity contribution >= 4 is 5.91 Å². The Labute approximate surface area is 94.2 Å². The molecule has 0 heterocycles. The predicted molar refractivity (Wildman–Crippen MR) is 64.9 cm³/mol. The fourth-order valence-electron chi connectivity index (χ4n) is 1.63. The summed E-state index contributed by atoms with van der Waals surface area (Å²) in [6.07, 6.45) is 1.70. The van der Waals surface area contributed by atoms with Crippen molar-refractivity contribution in [2.75, 3.05) is 13.1 Å². The van der Waals surface area contributed by atoms with Gasteiger partial charge in [0.15, 0.2) is 0 Å².